The van der Waals surface area contributed by atoms with Crippen molar-refractivity contribution >= 4 is 11.8 Å². The molecular formula is C16H20N2O3. The number of hydrogen-bond acceptors (Lipinski definition) is 3. The van der Waals surface area contributed by atoms with Crippen LogP contribution in [0.4, 0.5) is 0 Å². The lowest BCUT2D eigenvalue weighted by atomic mass is 9.77. The first-order chi connectivity index (χ1) is 10.0. The van der Waals surface area contributed by atoms with Crippen LogP contribution in [0.3, 0.4) is 0 Å². The van der Waals surface area contributed by atoms with Gasteiger partial charge in [-0.15, -0.1) is 0 Å². The highest BCUT2D eigenvalue weighted by molar-refractivity contribution is 5.97. The largest absolute Gasteiger partial charge is 0.507 e. The summed E-state index contributed by atoms with van der Waals surface area (Å²) in [7, 11) is 0. The maximum Gasteiger partial charge on any atom is 0.257 e. The summed E-state index contributed by atoms with van der Waals surface area (Å²) in [5, 5.41) is 12.9. The van der Waals surface area contributed by atoms with Crippen LogP contribution in [0, 0.1) is 12.3 Å². The molecule has 21 heavy (non-hydrogen) atoms. The molecule has 0 radical (unpaired) electrons. The van der Waals surface area contributed by atoms with Crippen LogP contribution in [-0.2, 0) is 4.79 Å². The number of phenols is 1. The number of likely N-dealkylation sites (tertiary alicyclic amines) is 1. The van der Waals surface area contributed by atoms with Gasteiger partial charge in [-0.25, -0.2) is 0 Å². The molecule has 1 aromatic carbocycles. The molecule has 2 aliphatic rings. The lowest BCUT2D eigenvalue weighted by Gasteiger charge is -2.38. The Balaban J connectivity index is 1.71. The Kier molecular flexibility index (Phi) is 3.35. The monoisotopic (exact) mass is 288 g/mol. The molecule has 0 aliphatic carbocycles. The van der Waals surface area contributed by atoms with Crippen molar-refractivity contribution in [3.05, 3.63) is 29.3 Å². The zero-order valence-electron chi connectivity index (χ0n) is 12.2. The summed E-state index contributed by atoms with van der Waals surface area (Å²) in [4.78, 5) is 25.7. The normalized spacial score (nSPS) is 20.6. The van der Waals surface area contributed by atoms with Gasteiger partial charge in [-0.3, -0.25) is 9.59 Å². The van der Waals surface area contributed by atoms with E-state index in [9.17, 15) is 14.7 Å². The molecule has 0 aromatic heterocycles. The van der Waals surface area contributed by atoms with Crippen molar-refractivity contribution in [1.29, 1.82) is 0 Å². The van der Waals surface area contributed by atoms with Gasteiger partial charge in [0.05, 0.1) is 5.56 Å². The zero-order valence-corrected chi connectivity index (χ0v) is 12.2. The zero-order chi connectivity index (χ0) is 15.0. The van der Waals surface area contributed by atoms with E-state index in [4.69, 9.17) is 0 Å². The molecule has 5 heteroatoms. The fourth-order valence-electron chi connectivity index (χ4n) is 3.29. The van der Waals surface area contributed by atoms with Crippen LogP contribution < -0.4 is 5.32 Å². The fraction of sp³-hybridized carbons (Fsp3) is 0.500. The van der Waals surface area contributed by atoms with Gasteiger partial charge in [-0.1, -0.05) is 12.1 Å². The molecule has 3 rings (SSSR count). The van der Waals surface area contributed by atoms with Gasteiger partial charge in [0.15, 0.2) is 0 Å². The summed E-state index contributed by atoms with van der Waals surface area (Å²) in [5.74, 6) is 0.0648. The maximum absolute atomic E-state index is 12.5. The standard InChI is InChI=1S/C16H20N2O3/c1-11-3-2-4-12(14(11)20)15(21)18-7-5-16(6-8-18)9-13(19)17-10-16/h2-4,20H,5-10H2,1H3,(H,17,19). The van der Waals surface area contributed by atoms with Gasteiger partial charge in [-0.2, -0.15) is 0 Å². The van der Waals surface area contributed by atoms with E-state index < -0.39 is 0 Å². The average molecular weight is 288 g/mol. The van der Waals surface area contributed by atoms with E-state index in [0.717, 1.165) is 19.4 Å². The first kappa shape index (κ1) is 13.9. The van der Waals surface area contributed by atoms with E-state index in [0.29, 0.717) is 30.6 Å². The van der Waals surface area contributed by atoms with E-state index in [-0.39, 0.29) is 23.0 Å². The summed E-state index contributed by atoms with van der Waals surface area (Å²) >= 11 is 0. The first-order valence-electron chi connectivity index (χ1n) is 7.35. The fourth-order valence-corrected chi connectivity index (χ4v) is 3.29. The summed E-state index contributed by atoms with van der Waals surface area (Å²) < 4.78 is 0. The molecule has 2 heterocycles. The van der Waals surface area contributed by atoms with Gasteiger partial charge in [-0.05, 0) is 36.8 Å². The number of nitrogens with one attached hydrogen (secondary N) is 1. The lowest BCUT2D eigenvalue weighted by molar-refractivity contribution is -0.119. The van der Waals surface area contributed by atoms with Crippen LogP contribution in [0.5, 0.6) is 5.75 Å². The Morgan fingerprint density at radius 3 is 2.67 bits per heavy atom. The molecule has 112 valence electrons. The van der Waals surface area contributed by atoms with Crippen LogP contribution in [0.1, 0.15) is 35.2 Å². The first-order valence-corrected chi connectivity index (χ1v) is 7.35. The van der Waals surface area contributed by atoms with Crippen molar-refractivity contribution in [2.45, 2.75) is 26.2 Å². The number of benzene rings is 1. The molecule has 2 N–H and O–H groups in total. The number of amides is 2. The summed E-state index contributed by atoms with van der Waals surface area (Å²) in [5.41, 5.74) is 1.11. The Morgan fingerprint density at radius 1 is 1.33 bits per heavy atom. The molecule has 0 atom stereocenters. The smallest absolute Gasteiger partial charge is 0.257 e. The Bertz CT molecular complexity index is 589. The van der Waals surface area contributed by atoms with Crippen molar-refractivity contribution < 1.29 is 14.7 Å². The number of aromatic hydroxyl groups is 1. The van der Waals surface area contributed by atoms with Crippen molar-refractivity contribution in [3.8, 4) is 5.75 Å². The molecule has 2 saturated heterocycles. The quantitative estimate of drug-likeness (QED) is 0.821. The minimum absolute atomic E-state index is 0.0303. The van der Waals surface area contributed by atoms with Crippen LogP contribution in [0.2, 0.25) is 0 Å². The number of hydrogen-bond donors (Lipinski definition) is 2. The predicted octanol–water partition coefficient (Wildman–Crippen LogP) is 1.44. The van der Waals surface area contributed by atoms with Crippen molar-refractivity contribution in [1.82, 2.24) is 10.2 Å². The minimum atomic E-state index is -0.122. The minimum Gasteiger partial charge on any atom is -0.507 e. The van der Waals surface area contributed by atoms with Crippen LogP contribution in [-0.4, -0.2) is 41.5 Å². The van der Waals surface area contributed by atoms with E-state index in [1.54, 1.807) is 30.0 Å². The third-order valence-corrected chi connectivity index (χ3v) is 4.78. The molecule has 5 nitrogen and oxygen atoms in total. The topological polar surface area (TPSA) is 69.6 Å². The summed E-state index contributed by atoms with van der Waals surface area (Å²) in [6.45, 7) is 3.79. The van der Waals surface area contributed by atoms with E-state index in [2.05, 4.69) is 5.32 Å². The number of carbonyl (C=O) groups is 2. The predicted molar refractivity (Wildman–Crippen MR) is 78.0 cm³/mol. The molecule has 0 saturated carbocycles. The highest BCUT2D eigenvalue weighted by Crippen LogP contribution is 2.38. The summed E-state index contributed by atoms with van der Waals surface area (Å²) in [6.07, 6.45) is 2.25. The molecule has 1 aromatic rings. The number of piperidine rings is 1. The highest BCUT2D eigenvalue weighted by Gasteiger charge is 2.41. The Labute approximate surface area is 123 Å². The van der Waals surface area contributed by atoms with Crippen LogP contribution in [0.15, 0.2) is 18.2 Å². The van der Waals surface area contributed by atoms with Crippen molar-refractivity contribution in [2.75, 3.05) is 19.6 Å². The van der Waals surface area contributed by atoms with Gasteiger partial charge in [0.2, 0.25) is 5.91 Å². The molecule has 0 unspecified atom stereocenters. The van der Waals surface area contributed by atoms with E-state index in [1.165, 1.54) is 0 Å². The molecule has 2 amide bonds. The molecule has 1 spiro atoms. The summed E-state index contributed by atoms with van der Waals surface area (Å²) in [6, 6.07) is 5.23. The van der Waals surface area contributed by atoms with E-state index >= 15 is 0 Å². The van der Waals surface area contributed by atoms with Gasteiger partial charge in [0, 0.05) is 26.1 Å². The number of rotatable bonds is 1. The van der Waals surface area contributed by atoms with Crippen LogP contribution in [0.25, 0.3) is 0 Å². The number of nitrogens with zero attached hydrogens (tertiary/aromatic N) is 1. The SMILES string of the molecule is Cc1cccc(C(=O)N2CCC3(CC2)CNC(=O)C3)c1O. The number of aryl methyl sites for hydroxylation is 1. The molecular weight excluding hydrogens is 268 g/mol. The second kappa shape index (κ2) is 5.06. The van der Waals surface area contributed by atoms with Gasteiger partial charge in [0.1, 0.15) is 5.75 Å². The van der Waals surface area contributed by atoms with Gasteiger partial charge >= 0.3 is 0 Å². The second-order valence-electron chi connectivity index (χ2n) is 6.22. The van der Waals surface area contributed by atoms with E-state index in [1.807, 2.05) is 0 Å². The van der Waals surface area contributed by atoms with Gasteiger partial charge < -0.3 is 15.3 Å². The molecule has 2 fully saturated rings. The number of phenolic OH excluding ortho intramolecular Hbond substituents is 1. The maximum atomic E-state index is 12.5. The second-order valence-corrected chi connectivity index (χ2v) is 6.22. The molecule has 0 bridgehead atoms. The Hall–Kier alpha value is -2.04. The third-order valence-electron chi connectivity index (χ3n) is 4.78. The third kappa shape index (κ3) is 2.48. The highest BCUT2D eigenvalue weighted by atomic mass is 16.3. The number of para-hydroxylation sites is 1. The van der Waals surface area contributed by atoms with Crippen LogP contribution >= 0.6 is 0 Å². The Morgan fingerprint density at radius 2 is 2.05 bits per heavy atom. The van der Waals surface area contributed by atoms with Crippen molar-refractivity contribution in [3.63, 3.8) is 0 Å². The molecule has 2 aliphatic heterocycles. The van der Waals surface area contributed by atoms with Crippen molar-refractivity contribution in [2.24, 2.45) is 5.41 Å². The lowest BCUT2D eigenvalue weighted by Crippen LogP contribution is -2.44. The average Bonchev–Trinajstić information content (AvgIpc) is 2.83. The number of carbonyl (C=O) groups excluding carboxylic acids is 2. The van der Waals surface area contributed by atoms with Gasteiger partial charge in [0.25, 0.3) is 5.91 Å².